The van der Waals surface area contributed by atoms with Gasteiger partial charge in [0.1, 0.15) is 5.75 Å². The van der Waals surface area contributed by atoms with Crippen LogP contribution in [0.15, 0.2) is 52.9 Å². The van der Waals surface area contributed by atoms with E-state index in [1.807, 2.05) is 48.5 Å². The number of hydrogen-bond donors (Lipinski definition) is 2. The van der Waals surface area contributed by atoms with Crippen LogP contribution in [0.2, 0.25) is 0 Å². The molecule has 0 aliphatic carbocycles. The first-order valence-corrected chi connectivity index (χ1v) is 10.6. The molecule has 1 amide bonds. The standard InChI is InChI=1S/C20H22N4O2S2/c1-13(2)16-6-4-5-7-17(16)22-18(25)12-27-20-24-23-19(28-20)21-14-8-10-15(26-3)11-9-14/h4-11,13H,12H2,1-3H3,(H,21,23)(H,22,25). The second-order valence-corrected chi connectivity index (χ2v) is 8.51. The van der Waals surface area contributed by atoms with Crippen molar-refractivity contribution in [3.8, 4) is 5.75 Å². The highest BCUT2D eigenvalue weighted by atomic mass is 32.2. The van der Waals surface area contributed by atoms with Crippen molar-refractivity contribution in [2.45, 2.75) is 24.1 Å². The second kappa shape index (κ2) is 9.57. The molecule has 1 heterocycles. The number of ether oxygens (including phenoxy) is 1. The van der Waals surface area contributed by atoms with Crippen LogP contribution >= 0.6 is 23.1 Å². The number of amides is 1. The summed E-state index contributed by atoms with van der Waals surface area (Å²) in [7, 11) is 1.63. The molecule has 28 heavy (non-hydrogen) atoms. The number of benzene rings is 2. The van der Waals surface area contributed by atoms with E-state index in [1.54, 1.807) is 7.11 Å². The number of methoxy groups -OCH3 is 1. The Labute approximate surface area is 172 Å². The molecule has 146 valence electrons. The summed E-state index contributed by atoms with van der Waals surface area (Å²) in [5.74, 6) is 1.37. The number of aromatic nitrogens is 2. The Morgan fingerprint density at radius 3 is 2.61 bits per heavy atom. The Kier molecular flexibility index (Phi) is 6.89. The molecular formula is C20H22N4O2S2. The molecule has 0 radical (unpaired) electrons. The highest BCUT2D eigenvalue weighted by Crippen LogP contribution is 2.29. The largest absolute Gasteiger partial charge is 0.497 e. The van der Waals surface area contributed by atoms with Crippen molar-refractivity contribution in [2.75, 3.05) is 23.5 Å². The summed E-state index contributed by atoms with van der Waals surface area (Å²) < 4.78 is 5.89. The SMILES string of the molecule is COc1ccc(Nc2nnc(SCC(=O)Nc3ccccc3C(C)C)s2)cc1. The van der Waals surface area contributed by atoms with Gasteiger partial charge in [0.15, 0.2) is 4.34 Å². The number of anilines is 3. The number of hydrogen-bond acceptors (Lipinski definition) is 7. The monoisotopic (exact) mass is 414 g/mol. The quantitative estimate of drug-likeness (QED) is 0.497. The Morgan fingerprint density at radius 2 is 1.89 bits per heavy atom. The van der Waals surface area contributed by atoms with Gasteiger partial charge in [-0.2, -0.15) is 0 Å². The molecule has 0 saturated heterocycles. The Bertz CT molecular complexity index is 926. The minimum absolute atomic E-state index is 0.0574. The number of carbonyl (C=O) groups excluding carboxylic acids is 1. The summed E-state index contributed by atoms with van der Waals surface area (Å²) in [5.41, 5.74) is 2.89. The molecule has 2 N–H and O–H groups in total. The minimum atomic E-state index is -0.0574. The molecule has 0 saturated carbocycles. The average molecular weight is 415 g/mol. The van der Waals surface area contributed by atoms with Crippen molar-refractivity contribution < 1.29 is 9.53 Å². The first-order valence-electron chi connectivity index (χ1n) is 8.81. The smallest absolute Gasteiger partial charge is 0.234 e. The zero-order valence-corrected chi connectivity index (χ0v) is 17.6. The molecule has 0 unspecified atom stereocenters. The van der Waals surface area contributed by atoms with Crippen LogP contribution in [0.4, 0.5) is 16.5 Å². The number of nitrogens with zero attached hydrogens (tertiary/aromatic N) is 2. The van der Waals surface area contributed by atoms with Crippen molar-refractivity contribution in [3.63, 3.8) is 0 Å². The van der Waals surface area contributed by atoms with Crippen molar-refractivity contribution in [2.24, 2.45) is 0 Å². The van der Waals surface area contributed by atoms with E-state index in [-0.39, 0.29) is 11.7 Å². The number of thioether (sulfide) groups is 1. The zero-order valence-electron chi connectivity index (χ0n) is 15.9. The third-order valence-electron chi connectivity index (χ3n) is 3.93. The van der Waals surface area contributed by atoms with E-state index in [9.17, 15) is 4.79 Å². The number of rotatable bonds is 8. The summed E-state index contributed by atoms with van der Waals surface area (Å²) in [5, 5.41) is 15.1. The van der Waals surface area contributed by atoms with Gasteiger partial charge in [-0.15, -0.1) is 10.2 Å². The Morgan fingerprint density at radius 1 is 1.14 bits per heavy atom. The minimum Gasteiger partial charge on any atom is -0.497 e. The summed E-state index contributed by atoms with van der Waals surface area (Å²) in [4.78, 5) is 12.3. The first-order chi connectivity index (χ1) is 13.5. The highest BCUT2D eigenvalue weighted by molar-refractivity contribution is 8.01. The maximum absolute atomic E-state index is 12.3. The molecule has 0 spiro atoms. The third-order valence-corrected chi connectivity index (χ3v) is 5.90. The molecule has 0 fully saturated rings. The lowest BCUT2D eigenvalue weighted by molar-refractivity contribution is -0.113. The normalized spacial score (nSPS) is 10.7. The van der Waals surface area contributed by atoms with E-state index >= 15 is 0 Å². The van der Waals surface area contributed by atoms with E-state index in [1.165, 1.54) is 23.1 Å². The first kappa shape index (κ1) is 20.2. The molecule has 3 aromatic rings. The summed E-state index contributed by atoms with van der Waals surface area (Å²) in [6.45, 7) is 4.22. The maximum Gasteiger partial charge on any atom is 0.234 e. The van der Waals surface area contributed by atoms with Crippen LogP contribution in [-0.2, 0) is 4.79 Å². The molecule has 6 nitrogen and oxygen atoms in total. The predicted octanol–water partition coefficient (Wildman–Crippen LogP) is 5.14. The molecule has 0 aliphatic rings. The Balaban J connectivity index is 1.53. The molecular weight excluding hydrogens is 392 g/mol. The van der Waals surface area contributed by atoms with Crippen LogP contribution in [-0.4, -0.2) is 29.0 Å². The highest BCUT2D eigenvalue weighted by Gasteiger charge is 2.11. The molecule has 3 rings (SSSR count). The molecule has 0 aliphatic heterocycles. The van der Waals surface area contributed by atoms with Crippen molar-refractivity contribution >= 4 is 45.5 Å². The van der Waals surface area contributed by atoms with Gasteiger partial charge in [-0.25, -0.2) is 0 Å². The molecule has 2 aromatic carbocycles. The second-order valence-electron chi connectivity index (χ2n) is 6.31. The average Bonchev–Trinajstić information content (AvgIpc) is 3.14. The van der Waals surface area contributed by atoms with E-state index in [0.717, 1.165) is 27.0 Å². The van der Waals surface area contributed by atoms with Gasteiger partial charge in [0.05, 0.1) is 12.9 Å². The number of nitrogens with one attached hydrogen (secondary N) is 2. The third kappa shape index (κ3) is 5.46. The van der Waals surface area contributed by atoms with E-state index in [0.29, 0.717) is 11.0 Å². The molecule has 1 aromatic heterocycles. The summed E-state index contributed by atoms with van der Waals surface area (Å²) >= 11 is 2.78. The van der Waals surface area contributed by atoms with Gasteiger partial charge in [0.2, 0.25) is 11.0 Å². The topological polar surface area (TPSA) is 76.1 Å². The van der Waals surface area contributed by atoms with Gasteiger partial charge in [-0.3, -0.25) is 4.79 Å². The van der Waals surface area contributed by atoms with Gasteiger partial charge in [-0.05, 0) is 41.8 Å². The van der Waals surface area contributed by atoms with Crippen LogP contribution in [0.3, 0.4) is 0 Å². The lowest BCUT2D eigenvalue weighted by Gasteiger charge is -2.13. The molecule has 8 heteroatoms. The van der Waals surface area contributed by atoms with Gasteiger partial charge in [0.25, 0.3) is 0 Å². The fourth-order valence-electron chi connectivity index (χ4n) is 2.54. The van der Waals surface area contributed by atoms with Crippen molar-refractivity contribution in [3.05, 3.63) is 54.1 Å². The maximum atomic E-state index is 12.3. The van der Waals surface area contributed by atoms with Crippen LogP contribution in [0, 0.1) is 0 Å². The fraction of sp³-hybridized carbons (Fsp3) is 0.250. The molecule has 0 atom stereocenters. The Hall–Kier alpha value is -2.58. The van der Waals surface area contributed by atoms with E-state index in [4.69, 9.17) is 4.74 Å². The van der Waals surface area contributed by atoms with Crippen LogP contribution < -0.4 is 15.4 Å². The number of para-hydroxylation sites is 1. The summed E-state index contributed by atoms with van der Waals surface area (Å²) in [6.07, 6.45) is 0. The zero-order chi connectivity index (χ0) is 19.9. The number of carbonyl (C=O) groups is 1. The van der Waals surface area contributed by atoms with Crippen molar-refractivity contribution in [1.29, 1.82) is 0 Å². The van der Waals surface area contributed by atoms with Gasteiger partial charge < -0.3 is 15.4 Å². The van der Waals surface area contributed by atoms with Crippen molar-refractivity contribution in [1.82, 2.24) is 10.2 Å². The lowest BCUT2D eigenvalue weighted by Crippen LogP contribution is -2.15. The predicted molar refractivity (Wildman–Crippen MR) is 116 cm³/mol. The van der Waals surface area contributed by atoms with E-state index < -0.39 is 0 Å². The lowest BCUT2D eigenvalue weighted by atomic mass is 10.0. The van der Waals surface area contributed by atoms with Crippen LogP contribution in [0.25, 0.3) is 0 Å². The summed E-state index contributed by atoms with van der Waals surface area (Å²) in [6, 6.07) is 15.4. The van der Waals surface area contributed by atoms with E-state index in [2.05, 4.69) is 34.7 Å². The van der Waals surface area contributed by atoms with Gasteiger partial charge >= 0.3 is 0 Å². The van der Waals surface area contributed by atoms with Gasteiger partial charge in [-0.1, -0.05) is 55.1 Å². The van der Waals surface area contributed by atoms with Crippen LogP contribution in [0.1, 0.15) is 25.3 Å². The van der Waals surface area contributed by atoms with Crippen LogP contribution in [0.5, 0.6) is 5.75 Å². The fourth-order valence-corrected chi connectivity index (χ4v) is 4.12. The van der Waals surface area contributed by atoms with Gasteiger partial charge in [0, 0.05) is 11.4 Å². The molecule has 0 bridgehead atoms.